The number of hydrogen-bond donors (Lipinski definition) is 1. The second kappa shape index (κ2) is 5.84. The summed E-state index contributed by atoms with van der Waals surface area (Å²) in [5.41, 5.74) is 6.54. The van der Waals surface area contributed by atoms with Gasteiger partial charge in [0.05, 0.1) is 18.7 Å². The Morgan fingerprint density at radius 1 is 1.53 bits per heavy atom. The molecule has 0 saturated heterocycles. The van der Waals surface area contributed by atoms with Crippen molar-refractivity contribution in [3.63, 3.8) is 0 Å². The predicted molar refractivity (Wildman–Crippen MR) is 58.9 cm³/mol. The van der Waals surface area contributed by atoms with Crippen LogP contribution >= 0.6 is 0 Å². The summed E-state index contributed by atoms with van der Waals surface area (Å²) in [7, 11) is 0. The van der Waals surface area contributed by atoms with Crippen molar-refractivity contribution in [1.29, 1.82) is 0 Å². The van der Waals surface area contributed by atoms with Crippen LogP contribution in [0.3, 0.4) is 0 Å². The van der Waals surface area contributed by atoms with Gasteiger partial charge in [0.25, 0.3) is 0 Å². The number of rotatable bonds is 3. The maximum Gasteiger partial charge on any atom is 0.153 e. The van der Waals surface area contributed by atoms with E-state index >= 15 is 0 Å². The monoisotopic (exact) mass is 203 g/mol. The van der Waals surface area contributed by atoms with Gasteiger partial charge in [-0.2, -0.15) is 0 Å². The van der Waals surface area contributed by atoms with Crippen LogP contribution < -0.4 is 10.5 Å². The van der Waals surface area contributed by atoms with Gasteiger partial charge in [-0.15, -0.1) is 0 Å². The number of hydrogen-bond acceptors (Lipinski definition) is 3. The average Bonchev–Trinajstić information content (AvgIpc) is 2.28. The Bertz CT molecular complexity index is 402. The van der Waals surface area contributed by atoms with Crippen LogP contribution in [0.15, 0.2) is 18.2 Å². The first-order chi connectivity index (χ1) is 7.31. The molecule has 78 valence electrons. The van der Waals surface area contributed by atoms with E-state index in [4.69, 9.17) is 10.5 Å². The van der Waals surface area contributed by atoms with E-state index in [-0.39, 0.29) is 0 Å². The lowest BCUT2D eigenvalue weighted by molar-refractivity contribution is 0.112. The van der Waals surface area contributed by atoms with Crippen LogP contribution in [0, 0.1) is 11.8 Å². The third-order valence-corrected chi connectivity index (χ3v) is 1.77. The molecule has 0 amide bonds. The zero-order chi connectivity index (χ0) is 11.1. The largest absolute Gasteiger partial charge is 0.493 e. The quantitative estimate of drug-likeness (QED) is 0.593. The summed E-state index contributed by atoms with van der Waals surface area (Å²) in [5, 5.41) is 0. The van der Waals surface area contributed by atoms with E-state index in [0.717, 1.165) is 11.8 Å². The molecule has 0 radical (unpaired) electrons. The molecule has 0 saturated carbocycles. The molecule has 3 heteroatoms. The van der Waals surface area contributed by atoms with Crippen molar-refractivity contribution in [2.45, 2.75) is 6.92 Å². The molecule has 3 nitrogen and oxygen atoms in total. The van der Waals surface area contributed by atoms with Crippen LogP contribution in [0.5, 0.6) is 5.75 Å². The molecule has 0 heterocycles. The molecule has 0 aliphatic rings. The van der Waals surface area contributed by atoms with Gasteiger partial charge >= 0.3 is 0 Å². The van der Waals surface area contributed by atoms with E-state index in [1.54, 1.807) is 18.2 Å². The van der Waals surface area contributed by atoms with E-state index in [9.17, 15) is 4.79 Å². The topological polar surface area (TPSA) is 52.3 Å². The lowest BCUT2D eigenvalue weighted by Gasteiger charge is -2.05. The maximum absolute atomic E-state index is 10.8. The molecule has 1 aromatic rings. The third-order valence-electron chi connectivity index (χ3n) is 1.77. The van der Waals surface area contributed by atoms with Crippen molar-refractivity contribution in [3.8, 4) is 17.6 Å². The summed E-state index contributed by atoms with van der Waals surface area (Å²) in [6.07, 6.45) is 0.763. The number of aldehydes is 1. The summed E-state index contributed by atoms with van der Waals surface area (Å²) < 4.78 is 5.28. The minimum atomic E-state index is 0.309. The first kappa shape index (κ1) is 11.3. The standard InChI is InChI=1S/C12H13NO2/c1-2-15-12-6-5-10(4-3-7-13)8-11(12)9-14/h5-6,8-9H,2,7,13H2,1H3. The highest BCUT2D eigenvalue weighted by molar-refractivity contribution is 5.80. The zero-order valence-corrected chi connectivity index (χ0v) is 8.62. The van der Waals surface area contributed by atoms with Crippen molar-refractivity contribution in [2.75, 3.05) is 13.2 Å². The van der Waals surface area contributed by atoms with Crippen molar-refractivity contribution in [1.82, 2.24) is 0 Å². The van der Waals surface area contributed by atoms with Crippen LogP contribution in [-0.2, 0) is 0 Å². The highest BCUT2D eigenvalue weighted by Crippen LogP contribution is 2.17. The van der Waals surface area contributed by atoms with Gasteiger partial charge in [0, 0.05) is 5.56 Å². The second-order valence-corrected chi connectivity index (χ2v) is 2.81. The SMILES string of the molecule is CCOc1ccc(C#CCN)cc1C=O. The fourth-order valence-corrected chi connectivity index (χ4v) is 1.16. The van der Waals surface area contributed by atoms with Gasteiger partial charge < -0.3 is 10.5 Å². The predicted octanol–water partition coefficient (Wildman–Crippen LogP) is 1.21. The fourth-order valence-electron chi connectivity index (χ4n) is 1.16. The third kappa shape index (κ3) is 3.12. The van der Waals surface area contributed by atoms with Gasteiger partial charge in [-0.3, -0.25) is 4.79 Å². The van der Waals surface area contributed by atoms with Crippen LogP contribution in [0.25, 0.3) is 0 Å². The smallest absolute Gasteiger partial charge is 0.153 e. The maximum atomic E-state index is 10.8. The first-order valence-electron chi connectivity index (χ1n) is 4.72. The van der Waals surface area contributed by atoms with Gasteiger partial charge in [-0.1, -0.05) is 11.8 Å². The lowest BCUT2D eigenvalue weighted by atomic mass is 10.1. The molecule has 0 spiro atoms. The molecular weight excluding hydrogens is 190 g/mol. The number of carbonyl (C=O) groups excluding carboxylic acids is 1. The Morgan fingerprint density at radius 2 is 2.33 bits per heavy atom. The summed E-state index contributed by atoms with van der Waals surface area (Å²) >= 11 is 0. The second-order valence-electron chi connectivity index (χ2n) is 2.81. The van der Waals surface area contributed by atoms with Gasteiger partial charge in [0.15, 0.2) is 6.29 Å². The van der Waals surface area contributed by atoms with Crippen LogP contribution in [0.1, 0.15) is 22.8 Å². The molecule has 0 aliphatic heterocycles. The normalized spacial score (nSPS) is 8.93. The lowest BCUT2D eigenvalue weighted by Crippen LogP contribution is -1.96. The van der Waals surface area contributed by atoms with Gasteiger partial charge in [0.2, 0.25) is 0 Å². The number of ether oxygens (including phenoxy) is 1. The molecule has 1 aromatic carbocycles. The molecule has 15 heavy (non-hydrogen) atoms. The van der Waals surface area contributed by atoms with E-state index in [1.165, 1.54) is 0 Å². The first-order valence-corrected chi connectivity index (χ1v) is 4.72. The fraction of sp³-hybridized carbons (Fsp3) is 0.250. The van der Waals surface area contributed by atoms with Crippen LogP contribution in [0.4, 0.5) is 0 Å². The Hall–Kier alpha value is -1.79. The number of carbonyl (C=O) groups is 1. The molecule has 0 atom stereocenters. The zero-order valence-electron chi connectivity index (χ0n) is 8.62. The molecule has 2 N–H and O–H groups in total. The van der Waals surface area contributed by atoms with Crippen LogP contribution in [0.2, 0.25) is 0 Å². The van der Waals surface area contributed by atoms with E-state index < -0.39 is 0 Å². The molecule has 0 unspecified atom stereocenters. The molecule has 0 aliphatic carbocycles. The Labute approximate surface area is 89.2 Å². The summed E-state index contributed by atoms with van der Waals surface area (Å²) in [6, 6.07) is 5.25. The van der Waals surface area contributed by atoms with E-state index in [2.05, 4.69) is 11.8 Å². The minimum absolute atomic E-state index is 0.309. The van der Waals surface area contributed by atoms with Crippen LogP contribution in [-0.4, -0.2) is 19.4 Å². The van der Waals surface area contributed by atoms with E-state index in [0.29, 0.717) is 24.5 Å². The molecule has 0 aromatic heterocycles. The van der Waals surface area contributed by atoms with Gasteiger partial charge in [-0.05, 0) is 25.1 Å². The van der Waals surface area contributed by atoms with Gasteiger partial charge in [0.1, 0.15) is 5.75 Å². The van der Waals surface area contributed by atoms with Crippen molar-refractivity contribution in [3.05, 3.63) is 29.3 Å². The summed E-state index contributed by atoms with van der Waals surface area (Å²) in [6.45, 7) is 2.72. The van der Waals surface area contributed by atoms with Crippen molar-refractivity contribution in [2.24, 2.45) is 5.73 Å². The Morgan fingerprint density at radius 3 is 2.93 bits per heavy atom. The molecule has 0 fully saturated rings. The van der Waals surface area contributed by atoms with Crippen molar-refractivity contribution >= 4 is 6.29 Å². The minimum Gasteiger partial charge on any atom is -0.493 e. The van der Waals surface area contributed by atoms with E-state index in [1.807, 2.05) is 6.92 Å². The summed E-state index contributed by atoms with van der Waals surface area (Å²) in [4.78, 5) is 10.8. The Balaban J connectivity index is 3.01. The highest BCUT2D eigenvalue weighted by atomic mass is 16.5. The number of benzene rings is 1. The average molecular weight is 203 g/mol. The summed E-state index contributed by atoms with van der Waals surface area (Å²) in [5.74, 6) is 6.18. The number of nitrogens with two attached hydrogens (primary N) is 1. The van der Waals surface area contributed by atoms with Crippen molar-refractivity contribution < 1.29 is 9.53 Å². The van der Waals surface area contributed by atoms with Gasteiger partial charge in [-0.25, -0.2) is 0 Å². The molecule has 1 rings (SSSR count). The Kier molecular flexibility index (Phi) is 4.39. The molecular formula is C12H13NO2. The highest BCUT2D eigenvalue weighted by Gasteiger charge is 2.02. The molecule has 0 bridgehead atoms.